The summed E-state index contributed by atoms with van der Waals surface area (Å²) in [5, 5.41) is 11.5. The van der Waals surface area contributed by atoms with Gasteiger partial charge in [0.2, 0.25) is 0 Å². The van der Waals surface area contributed by atoms with Gasteiger partial charge < -0.3 is 5.11 Å². The van der Waals surface area contributed by atoms with Crippen molar-refractivity contribution in [3.8, 4) is 0 Å². The van der Waals surface area contributed by atoms with Crippen molar-refractivity contribution in [2.45, 2.75) is 52.6 Å². The number of carbonyl (C=O) groups excluding carboxylic acids is 2. The highest BCUT2D eigenvalue weighted by atomic mass is 16.3. The van der Waals surface area contributed by atoms with Gasteiger partial charge in [-0.1, -0.05) is 45.9 Å². The lowest BCUT2D eigenvalue weighted by Crippen LogP contribution is -2.65. The molecule has 1 N–H and O–H groups in total. The fourth-order valence-corrected chi connectivity index (χ4v) is 5.07. The molecule has 4 atom stereocenters. The summed E-state index contributed by atoms with van der Waals surface area (Å²) in [5.74, 6) is -0.124. The molecule has 3 heteroatoms. The van der Waals surface area contributed by atoms with Crippen LogP contribution in [0.15, 0.2) is 36.5 Å². The maximum Gasteiger partial charge on any atom is 0.170 e. The van der Waals surface area contributed by atoms with Gasteiger partial charge in [0.25, 0.3) is 0 Å². The normalized spacial score (nSPS) is 45.1. The van der Waals surface area contributed by atoms with Gasteiger partial charge in [0.05, 0.1) is 0 Å². The van der Waals surface area contributed by atoms with Crippen molar-refractivity contribution >= 4 is 11.6 Å². The van der Waals surface area contributed by atoms with Crippen LogP contribution in [-0.4, -0.2) is 22.3 Å². The second kappa shape index (κ2) is 4.54. The van der Waals surface area contributed by atoms with E-state index in [0.717, 1.165) is 12.0 Å². The molecule has 0 aromatic heterocycles. The van der Waals surface area contributed by atoms with Gasteiger partial charge in [-0.05, 0) is 30.4 Å². The Bertz CT molecular complexity index is 668. The minimum atomic E-state index is -1.51. The molecule has 0 amide bonds. The first-order valence-electron chi connectivity index (χ1n) is 8.36. The third-order valence-electron chi connectivity index (χ3n) is 6.67. The Morgan fingerprint density at radius 1 is 1.26 bits per heavy atom. The van der Waals surface area contributed by atoms with Crippen molar-refractivity contribution in [3.05, 3.63) is 36.5 Å². The predicted octanol–water partition coefficient (Wildman–Crippen LogP) is 3.39. The molecule has 23 heavy (non-hydrogen) atoms. The minimum absolute atomic E-state index is 0.0494. The fraction of sp³-hybridized carbons (Fsp3) is 0.600. The lowest BCUT2D eigenvalue weighted by molar-refractivity contribution is -0.163. The molecular formula is C20H26O3. The van der Waals surface area contributed by atoms with E-state index in [1.54, 1.807) is 18.2 Å². The molecule has 0 spiro atoms. The fourth-order valence-electron chi connectivity index (χ4n) is 5.07. The molecule has 0 bridgehead atoms. The Kier molecular flexibility index (Phi) is 3.23. The van der Waals surface area contributed by atoms with E-state index in [-0.39, 0.29) is 23.9 Å². The Morgan fingerprint density at radius 3 is 2.52 bits per heavy atom. The first-order chi connectivity index (χ1) is 10.5. The predicted molar refractivity (Wildman–Crippen MR) is 89.7 cm³/mol. The van der Waals surface area contributed by atoms with E-state index in [1.807, 2.05) is 33.8 Å². The summed E-state index contributed by atoms with van der Waals surface area (Å²) in [6.45, 7) is 11.6. The number of hydrogen-bond donors (Lipinski definition) is 1. The monoisotopic (exact) mass is 314 g/mol. The van der Waals surface area contributed by atoms with Gasteiger partial charge in [-0.25, -0.2) is 0 Å². The van der Waals surface area contributed by atoms with Crippen LogP contribution in [-0.2, 0) is 9.59 Å². The zero-order valence-electron chi connectivity index (χ0n) is 14.5. The Morgan fingerprint density at radius 2 is 1.91 bits per heavy atom. The summed E-state index contributed by atoms with van der Waals surface area (Å²) in [5.41, 5.74) is -2.42. The zero-order chi connectivity index (χ0) is 17.3. The number of aliphatic hydroxyl groups is 1. The summed E-state index contributed by atoms with van der Waals surface area (Å²) in [6, 6.07) is 0. The van der Waals surface area contributed by atoms with E-state index >= 15 is 0 Å². The molecule has 0 saturated heterocycles. The van der Waals surface area contributed by atoms with Crippen molar-refractivity contribution in [1.29, 1.82) is 0 Å². The number of ketones is 2. The molecule has 3 aliphatic rings. The lowest BCUT2D eigenvalue weighted by atomic mass is 9.45. The maximum atomic E-state index is 13.0. The van der Waals surface area contributed by atoms with Crippen LogP contribution in [0.5, 0.6) is 0 Å². The standard InChI is InChI=1S/C20H26O3/c1-6-18(4)11-13-7-8-14-17(2,3)15(21)9-10-19(14,5)20(13,23)16(22)12-18/h6,9-11,14,23H,1,7-8,12H2,2-5H3/t14-,18+,19-,20-/m0/s1. The van der Waals surface area contributed by atoms with E-state index in [1.165, 1.54) is 0 Å². The van der Waals surface area contributed by atoms with Gasteiger partial charge in [-0.15, -0.1) is 6.58 Å². The molecule has 0 aromatic rings. The van der Waals surface area contributed by atoms with Crippen molar-refractivity contribution in [2.75, 3.05) is 0 Å². The molecule has 0 aliphatic heterocycles. The number of fused-ring (bicyclic) bond motifs is 3. The average Bonchev–Trinajstić information content (AvgIpc) is 2.47. The third kappa shape index (κ3) is 1.86. The molecule has 124 valence electrons. The molecular weight excluding hydrogens is 288 g/mol. The molecule has 1 fully saturated rings. The molecule has 0 aromatic carbocycles. The summed E-state index contributed by atoms with van der Waals surface area (Å²) in [4.78, 5) is 25.3. The number of rotatable bonds is 1. The average molecular weight is 314 g/mol. The number of allylic oxidation sites excluding steroid dienone is 3. The third-order valence-corrected chi connectivity index (χ3v) is 6.67. The van der Waals surface area contributed by atoms with Gasteiger partial charge in [0, 0.05) is 22.7 Å². The highest BCUT2D eigenvalue weighted by Crippen LogP contribution is 2.61. The molecule has 3 rings (SSSR count). The molecule has 3 nitrogen and oxygen atoms in total. The van der Waals surface area contributed by atoms with Crippen LogP contribution in [0.4, 0.5) is 0 Å². The Hall–Kier alpha value is -1.48. The van der Waals surface area contributed by atoms with Crippen molar-refractivity contribution < 1.29 is 14.7 Å². The van der Waals surface area contributed by atoms with Crippen LogP contribution in [0.1, 0.15) is 47.0 Å². The van der Waals surface area contributed by atoms with Crippen LogP contribution in [0, 0.1) is 22.2 Å². The summed E-state index contributed by atoms with van der Waals surface area (Å²) in [7, 11) is 0. The van der Waals surface area contributed by atoms with Gasteiger partial charge >= 0.3 is 0 Å². The molecule has 1 saturated carbocycles. The topological polar surface area (TPSA) is 54.4 Å². The van der Waals surface area contributed by atoms with Crippen molar-refractivity contribution in [3.63, 3.8) is 0 Å². The highest BCUT2D eigenvalue weighted by Gasteiger charge is 2.65. The van der Waals surface area contributed by atoms with Crippen molar-refractivity contribution in [2.24, 2.45) is 22.2 Å². The number of hydrogen-bond acceptors (Lipinski definition) is 3. The zero-order valence-corrected chi connectivity index (χ0v) is 14.5. The molecule has 0 radical (unpaired) electrons. The quantitative estimate of drug-likeness (QED) is 0.755. The second-order valence-corrected chi connectivity index (χ2v) is 8.48. The van der Waals surface area contributed by atoms with Crippen LogP contribution in [0.3, 0.4) is 0 Å². The van der Waals surface area contributed by atoms with Crippen LogP contribution < -0.4 is 0 Å². The number of carbonyl (C=O) groups is 2. The summed E-state index contributed by atoms with van der Waals surface area (Å²) >= 11 is 0. The van der Waals surface area contributed by atoms with Crippen LogP contribution >= 0.6 is 0 Å². The smallest absolute Gasteiger partial charge is 0.170 e. The first kappa shape index (κ1) is 16.4. The molecule has 3 aliphatic carbocycles. The van der Waals surface area contributed by atoms with Crippen LogP contribution in [0.2, 0.25) is 0 Å². The minimum Gasteiger partial charge on any atom is -0.377 e. The van der Waals surface area contributed by atoms with E-state index in [2.05, 4.69) is 6.58 Å². The number of Topliss-reactive ketones (excluding diaryl/α,β-unsaturated/α-hetero) is 1. The van der Waals surface area contributed by atoms with Gasteiger partial charge in [0.15, 0.2) is 17.2 Å². The Labute approximate surface area is 138 Å². The van der Waals surface area contributed by atoms with Crippen molar-refractivity contribution in [1.82, 2.24) is 0 Å². The van der Waals surface area contributed by atoms with E-state index < -0.39 is 21.8 Å². The van der Waals surface area contributed by atoms with Crippen LogP contribution in [0.25, 0.3) is 0 Å². The summed E-state index contributed by atoms with van der Waals surface area (Å²) in [6.07, 6.45) is 8.86. The SMILES string of the molecule is C=C[C@]1(C)C=C2CC[C@H]3C(C)(C)C(=O)C=C[C@]3(C)[C@@]2(O)C(=O)C1. The molecule has 0 unspecified atom stereocenters. The van der Waals surface area contributed by atoms with E-state index in [0.29, 0.717) is 6.42 Å². The lowest BCUT2D eigenvalue weighted by Gasteiger charge is -2.59. The van der Waals surface area contributed by atoms with Gasteiger partial charge in [-0.2, -0.15) is 0 Å². The maximum absolute atomic E-state index is 13.0. The van der Waals surface area contributed by atoms with E-state index in [9.17, 15) is 14.7 Å². The largest absolute Gasteiger partial charge is 0.377 e. The first-order valence-corrected chi connectivity index (χ1v) is 8.36. The second-order valence-electron chi connectivity index (χ2n) is 8.48. The van der Waals surface area contributed by atoms with E-state index in [4.69, 9.17) is 0 Å². The van der Waals surface area contributed by atoms with Gasteiger partial charge in [-0.3, -0.25) is 9.59 Å². The highest BCUT2D eigenvalue weighted by molar-refractivity contribution is 5.99. The summed E-state index contributed by atoms with van der Waals surface area (Å²) < 4.78 is 0. The van der Waals surface area contributed by atoms with Gasteiger partial charge in [0.1, 0.15) is 0 Å². The Balaban J connectivity index is 2.22. The molecule has 0 heterocycles.